The molecule has 0 spiro atoms. The lowest BCUT2D eigenvalue weighted by atomic mass is 9.91. The Bertz CT molecular complexity index is 1130. The maximum atomic E-state index is 11.8. The van der Waals surface area contributed by atoms with E-state index in [9.17, 15) is 15.0 Å². The number of benzene rings is 1. The highest BCUT2D eigenvalue weighted by Gasteiger charge is 2.22. The first kappa shape index (κ1) is 19.2. The van der Waals surface area contributed by atoms with Crippen molar-refractivity contribution in [3.8, 4) is 16.9 Å². The number of aromatic amines is 1. The SMILES string of the molecule is C=C(NCC(C)(C)C(=C)O)c1ncc(-c2ccc3c(=O)[nH]ncc3c2)cc1O. The number of aliphatic hydroxyl groups is 1. The molecule has 0 amide bonds. The van der Waals surface area contributed by atoms with Gasteiger partial charge in [-0.25, -0.2) is 5.10 Å². The van der Waals surface area contributed by atoms with Gasteiger partial charge in [-0.1, -0.05) is 33.1 Å². The molecule has 7 nitrogen and oxygen atoms in total. The van der Waals surface area contributed by atoms with Crippen molar-refractivity contribution in [3.63, 3.8) is 0 Å². The predicted octanol–water partition coefficient (Wildman–Crippen LogP) is 3.35. The minimum atomic E-state index is -0.546. The fourth-order valence-corrected chi connectivity index (χ4v) is 2.63. The highest BCUT2D eigenvalue weighted by molar-refractivity contribution is 5.86. The van der Waals surface area contributed by atoms with Gasteiger partial charge in [0.1, 0.15) is 11.4 Å². The molecule has 0 unspecified atom stereocenters. The first-order valence-corrected chi connectivity index (χ1v) is 8.67. The number of aliphatic hydroxyl groups excluding tert-OH is 1. The van der Waals surface area contributed by atoms with Gasteiger partial charge in [-0.15, -0.1) is 0 Å². The van der Waals surface area contributed by atoms with Gasteiger partial charge < -0.3 is 15.5 Å². The molecule has 144 valence electrons. The van der Waals surface area contributed by atoms with Gasteiger partial charge in [0, 0.05) is 29.1 Å². The number of H-pyrrole nitrogens is 1. The van der Waals surface area contributed by atoms with E-state index in [0.29, 0.717) is 34.3 Å². The molecule has 2 aromatic heterocycles. The van der Waals surface area contributed by atoms with Crippen molar-refractivity contribution in [2.24, 2.45) is 5.41 Å². The van der Waals surface area contributed by atoms with Gasteiger partial charge in [0.25, 0.3) is 5.56 Å². The number of aromatic nitrogens is 3. The van der Waals surface area contributed by atoms with Crippen LogP contribution in [0.1, 0.15) is 19.5 Å². The Balaban J connectivity index is 1.85. The number of aromatic hydroxyl groups is 1. The van der Waals surface area contributed by atoms with Gasteiger partial charge >= 0.3 is 0 Å². The minimum Gasteiger partial charge on any atom is -0.512 e. The maximum absolute atomic E-state index is 11.8. The number of hydrogen-bond acceptors (Lipinski definition) is 6. The molecule has 0 saturated heterocycles. The summed E-state index contributed by atoms with van der Waals surface area (Å²) in [4.78, 5) is 16.1. The Kier molecular flexibility index (Phi) is 4.92. The first-order chi connectivity index (χ1) is 13.2. The van der Waals surface area contributed by atoms with Crippen LogP contribution in [0, 0.1) is 5.41 Å². The van der Waals surface area contributed by atoms with E-state index in [1.165, 1.54) is 0 Å². The Morgan fingerprint density at radius 1 is 1.21 bits per heavy atom. The van der Waals surface area contributed by atoms with Crippen molar-refractivity contribution < 1.29 is 10.2 Å². The number of pyridine rings is 1. The molecule has 1 aromatic carbocycles. The standard InChI is InChI=1S/C21H22N4O3/c1-12(23-11-21(3,4)13(2)26)19-18(27)8-15(9-22-19)14-5-6-17-16(7-14)10-24-25-20(17)28/h5-10,23,26-27H,1-2,11H2,3-4H3,(H,25,28). The summed E-state index contributed by atoms with van der Waals surface area (Å²) in [7, 11) is 0. The molecule has 0 bridgehead atoms. The topological polar surface area (TPSA) is 111 Å². The number of nitrogens with one attached hydrogen (secondary N) is 2. The van der Waals surface area contributed by atoms with Crippen molar-refractivity contribution >= 4 is 16.5 Å². The Hall–Kier alpha value is -3.61. The zero-order chi connectivity index (χ0) is 20.5. The lowest BCUT2D eigenvalue weighted by molar-refractivity contribution is 0.259. The van der Waals surface area contributed by atoms with Gasteiger partial charge in [-0.05, 0) is 23.8 Å². The summed E-state index contributed by atoms with van der Waals surface area (Å²) in [5, 5.41) is 30.5. The van der Waals surface area contributed by atoms with Crippen LogP contribution in [-0.2, 0) is 0 Å². The zero-order valence-electron chi connectivity index (χ0n) is 15.8. The highest BCUT2D eigenvalue weighted by atomic mass is 16.3. The van der Waals surface area contributed by atoms with E-state index in [0.717, 1.165) is 5.56 Å². The molecule has 28 heavy (non-hydrogen) atoms. The van der Waals surface area contributed by atoms with E-state index in [1.807, 2.05) is 19.9 Å². The van der Waals surface area contributed by atoms with E-state index < -0.39 is 5.41 Å². The summed E-state index contributed by atoms with van der Waals surface area (Å²) in [5.41, 5.74) is 1.45. The van der Waals surface area contributed by atoms with E-state index >= 15 is 0 Å². The van der Waals surface area contributed by atoms with E-state index in [2.05, 4.69) is 33.7 Å². The van der Waals surface area contributed by atoms with Crippen LogP contribution < -0.4 is 10.9 Å². The normalized spacial score (nSPS) is 11.4. The van der Waals surface area contributed by atoms with Crippen LogP contribution in [-0.4, -0.2) is 31.9 Å². The van der Waals surface area contributed by atoms with Crippen LogP contribution in [0.2, 0.25) is 0 Å². The van der Waals surface area contributed by atoms with Crippen LogP contribution in [0.5, 0.6) is 5.75 Å². The lowest BCUT2D eigenvalue weighted by Gasteiger charge is -2.24. The summed E-state index contributed by atoms with van der Waals surface area (Å²) in [5.74, 6) is 0.0321. The third-order valence-electron chi connectivity index (χ3n) is 4.68. The molecule has 0 aliphatic carbocycles. The fraction of sp³-hybridized carbons (Fsp3) is 0.190. The zero-order valence-corrected chi connectivity index (χ0v) is 15.8. The molecule has 3 aromatic rings. The average molecular weight is 378 g/mol. The monoisotopic (exact) mass is 378 g/mol. The third-order valence-corrected chi connectivity index (χ3v) is 4.68. The smallest absolute Gasteiger partial charge is 0.272 e. The molecule has 2 heterocycles. The highest BCUT2D eigenvalue weighted by Crippen LogP contribution is 2.29. The molecule has 0 atom stereocenters. The van der Waals surface area contributed by atoms with Gasteiger partial charge in [-0.3, -0.25) is 9.78 Å². The number of fused-ring (bicyclic) bond motifs is 1. The first-order valence-electron chi connectivity index (χ1n) is 8.67. The summed E-state index contributed by atoms with van der Waals surface area (Å²) >= 11 is 0. The summed E-state index contributed by atoms with van der Waals surface area (Å²) in [6.07, 6.45) is 3.20. The third kappa shape index (κ3) is 3.73. The van der Waals surface area contributed by atoms with E-state index in [4.69, 9.17) is 0 Å². The second-order valence-corrected chi connectivity index (χ2v) is 7.26. The minimum absolute atomic E-state index is 0.0280. The molecule has 4 N–H and O–H groups in total. The molecular formula is C21H22N4O3. The maximum Gasteiger partial charge on any atom is 0.272 e. The Labute approximate surface area is 162 Å². The quantitative estimate of drug-likeness (QED) is 0.490. The molecule has 0 fully saturated rings. The van der Waals surface area contributed by atoms with Crippen LogP contribution in [0.15, 0.2) is 60.4 Å². The van der Waals surface area contributed by atoms with Crippen molar-refractivity contribution in [1.29, 1.82) is 0 Å². The molecule has 3 rings (SSSR count). The van der Waals surface area contributed by atoms with E-state index in [1.54, 1.807) is 30.6 Å². The fourth-order valence-electron chi connectivity index (χ4n) is 2.63. The lowest BCUT2D eigenvalue weighted by Crippen LogP contribution is -2.29. The molecule has 0 aliphatic rings. The second-order valence-electron chi connectivity index (χ2n) is 7.26. The number of nitrogens with zero attached hydrogens (tertiary/aromatic N) is 2. The molecule has 7 heteroatoms. The van der Waals surface area contributed by atoms with Crippen LogP contribution in [0.3, 0.4) is 0 Å². The van der Waals surface area contributed by atoms with Gasteiger partial charge in [-0.2, -0.15) is 5.10 Å². The Morgan fingerprint density at radius 3 is 2.64 bits per heavy atom. The van der Waals surface area contributed by atoms with Gasteiger partial charge in [0.2, 0.25) is 0 Å². The van der Waals surface area contributed by atoms with Crippen molar-refractivity contribution in [1.82, 2.24) is 20.5 Å². The number of hydrogen-bond donors (Lipinski definition) is 4. The molecule has 0 radical (unpaired) electrons. The van der Waals surface area contributed by atoms with Gasteiger partial charge in [0.05, 0.1) is 23.0 Å². The largest absolute Gasteiger partial charge is 0.512 e. The van der Waals surface area contributed by atoms with E-state index in [-0.39, 0.29) is 17.1 Å². The second kappa shape index (κ2) is 7.19. The molecule has 0 aliphatic heterocycles. The predicted molar refractivity (Wildman–Crippen MR) is 110 cm³/mol. The van der Waals surface area contributed by atoms with Crippen LogP contribution >= 0.6 is 0 Å². The van der Waals surface area contributed by atoms with Gasteiger partial charge in [0.15, 0.2) is 0 Å². The van der Waals surface area contributed by atoms with Crippen LogP contribution in [0.4, 0.5) is 0 Å². The van der Waals surface area contributed by atoms with Crippen molar-refractivity contribution in [2.45, 2.75) is 13.8 Å². The molecule has 0 saturated carbocycles. The summed E-state index contributed by atoms with van der Waals surface area (Å²) in [6.45, 7) is 11.5. The summed E-state index contributed by atoms with van der Waals surface area (Å²) in [6, 6.07) is 6.90. The average Bonchev–Trinajstić information content (AvgIpc) is 2.66. The Morgan fingerprint density at radius 2 is 1.96 bits per heavy atom. The van der Waals surface area contributed by atoms with Crippen LogP contribution in [0.25, 0.3) is 27.6 Å². The molecular weight excluding hydrogens is 356 g/mol. The number of rotatable bonds is 6. The van der Waals surface area contributed by atoms with Crippen molar-refractivity contribution in [3.05, 3.63) is 71.6 Å². The van der Waals surface area contributed by atoms with Crippen molar-refractivity contribution in [2.75, 3.05) is 6.54 Å². The summed E-state index contributed by atoms with van der Waals surface area (Å²) < 4.78 is 0.